The second kappa shape index (κ2) is 10.7. The molecular formula is C34H37N5. The van der Waals surface area contributed by atoms with Gasteiger partial charge in [-0.15, -0.1) is 0 Å². The molecule has 0 saturated carbocycles. The molecule has 3 aliphatic rings. The summed E-state index contributed by atoms with van der Waals surface area (Å²) in [6, 6.07) is 31.0. The van der Waals surface area contributed by atoms with Gasteiger partial charge in [0, 0.05) is 49.4 Å². The summed E-state index contributed by atoms with van der Waals surface area (Å²) in [7, 11) is 0. The van der Waals surface area contributed by atoms with Crippen molar-refractivity contribution in [2.24, 2.45) is 5.10 Å². The van der Waals surface area contributed by atoms with Gasteiger partial charge in [0.05, 0.1) is 17.3 Å². The number of rotatable bonds is 5. The predicted octanol–water partition coefficient (Wildman–Crippen LogP) is 7.57. The lowest BCUT2D eigenvalue weighted by Crippen LogP contribution is -2.29. The molecule has 198 valence electrons. The Morgan fingerprint density at radius 2 is 1.21 bits per heavy atom. The van der Waals surface area contributed by atoms with Crippen LogP contribution in [0.3, 0.4) is 0 Å². The van der Waals surface area contributed by atoms with Crippen LogP contribution in [0.5, 0.6) is 0 Å². The van der Waals surface area contributed by atoms with Crippen molar-refractivity contribution in [1.82, 2.24) is 4.98 Å². The lowest BCUT2D eigenvalue weighted by molar-refractivity contribution is 0.577. The first-order valence-corrected chi connectivity index (χ1v) is 14.7. The van der Waals surface area contributed by atoms with Gasteiger partial charge in [0.1, 0.15) is 5.82 Å². The largest absolute Gasteiger partial charge is 0.372 e. The highest BCUT2D eigenvalue weighted by Crippen LogP contribution is 2.37. The second-order valence-corrected chi connectivity index (χ2v) is 11.2. The number of piperidine rings is 2. The van der Waals surface area contributed by atoms with Crippen molar-refractivity contribution in [3.05, 3.63) is 96.1 Å². The van der Waals surface area contributed by atoms with E-state index < -0.39 is 0 Å². The summed E-state index contributed by atoms with van der Waals surface area (Å²) in [6.07, 6.45) is 8.73. The number of aromatic nitrogens is 1. The maximum absolute atomic E-state index is 5.21. The molecular weight excluding hydrogens is 478 g/mol. The Labute approximate surface area is 231 Å². The van der Waals surface area contributed by atoms with Crippen molar-refractivity contribution in [3.8, 4) is 0 Å². The molecule has 0 bridgehead atoms. The number of hydrazone groups is 1. The first-order chi connectivity index (χ1) is 19.3. The van der Waals surface area contributed by atoms with E-state index in [0.717, 1.165) is 55.0 Å². The van der Waals surface area contributed by atoms with E-state index in [2.05, 4.69) is 99.7 Å². The number of nitrogens with zero attached hydrogens (tertiary/aromatic N) is 5. The molecule has 0 spiro atoms. The molecule has 2 fully saturated rings. The molecule has 7 rings (SSSR count). The number of anilines is 3. The molecule has 39 heavy (non-hydrogen) atoms. The molecule has 0 amide bonds. The first-order valence-electron chi connectivity index (χ1n) is 14.7. The number of para-hydroxylation sites is 1. The van der Waals surface area contributed by atoms with Gasteiger partial charge in [-0.05, 0) is 92.1 Å². The van der Waals surface area contributed by atoms with Crippen molar-refractivity contribution in [2.45, 2.75) is 51.0 Å². The van der Waals surface area contributed by atoms with Gasteiger partial charge in [-0.1, -0.05) is 42.5 Å². The number of hydrogen-bond acceptors (Lipinski definition) is 5. The average molecular weight is 516 g/mol. The Kier molecular flexibility index (Phi) is 6.65. The van der Waals surface area contributed by atoms with Crippen molar-refractivity contribution < 1.29 is 0 Å². The zero-order valence-electron chi connectivity index (χ0n) is 22.7. The van der Waals surface area contributed by atoms with E-state index >= 15 is 0 Å². The fourth-order valence-corrected chi connectivity index (χ4v) is 6.41. The molecule has 1 unspecified atom stereocenters. The van der Waals surface area contributed by atoms with Crippen molar-refractivity contribution in [2.75, 3.05) is 41.0 Å². The molecule has 5 nitrogen and oxygen atoms in total. The second-order valence-electron chi connectivity index (χ2n) is 11.2. The Balaban J connectivity index is 1.20. The van der Waals surface area contributed by atoms with Crippen LogP contribution in [-0.4, -0.2) is 36.9 Å². The minimum atomic E-state index is 0.117. The standard InChI is InChI=1S/C34H37N5/c1-5-21-37(22-6-1)29-16-11-27(12-17-29)32-25-33(28-13-18-30(19-14-28)38-23-7-2-8-24-38)39(36-32)34-20-15-26-9-3-4-10-31(26)35-34/h3-4,9-20,33H,1-2,5-8,21-25H2. The van der Waals surface area contributed by atoms with E-state index in [9.17, 15) is 0 Å². The SMILES string of the molecule is c1ccc2nc(N3N=C(c4ccc(N5CCCCC5)cc4)CC3c3ccc(N4CCCCC4)cc3)ccc2c1. The molecule has 0 N–H and O–H groups in total. The zero-order chi connectivity index (χ0) is 26.0. The van der Waals surface area contributed by atoms with Crippen molar-refractivity contribution in [3.63, 3.8) is 0 Å². The smallest absolute Gasteiger partial charge is 0.150 e. The molecule has 4 aromatic rings. The van der Waals surface area contributed by atoms with Gasteiger partial charge in [-0.25, -0.2) is 9.99 Å². The van der Waals surface area contributed by atoms with Crippen molar-refractivity contribution in [1.29, 1.82) is 0 Å². The summed E-state index contributed by atoms with van der Waals surface area (Å²) in [5, 5.41) is 8.51. The van der Waals surface area contributed by atoms with Gasteiger partial charge in [0.15, 0.2) is 0 Å². The molecule has 3 aliphatic heterocycles. The maximum atomic E-state index is 5.21. The minimum Gasteiger partial charge on any atom is -0.372 e. The highest BCUT2D eigenvalue weighted by atomic mass is 15.5. The molecule has 0 radical (unpaired) electrons. The number of hydrogen-bond donors (Lipinski definition) is 0. The van der Waals surface area contributed by atoms with Gasteiger partial charge < -0.3 is 9.80 Å². The first kappa shape index (κ1) is 24.2. The zero-order valence-corrected chi connectivity index (χ0v) is 22.7. The molecule has 3 aromatic carbocycles. The fourth-order valence-electron chi connectivity index (χ4n) is 6.41. The third kappa shape index (κ3) is 4.98. The molecule has 1 aromatic heterocycles. The van der Waals surface area contributed by atoms with E-state index in [-0.39, 0.29) is 6.04 Å². The van der Waals surface area contributed by atoms with Gasteiger partial charge in [-0.2, -0.15) is 5.10 Å². The lowest BCUT2D eigenvalue weighted by atomic mass is 9.97. The quantitative estimate of drug-likeness (QED) is 0.275. The summed E-state index contributed by atoms with van der Waals surface area (Å²) in [5.41, 5.74) is 7.28. The molecule has 2 saturated heterocycles. The van der Waals surface area contributed by atoms with Crippen LogP contribution in [0.2, 0.25) is 0 Å². The van der Waals surface area contributed by atoms with Crippen LogP contribution in [0.15, 0.2) is 90.0 Å². The predicted molar refractivity (Wildman–Crippen MR) is 163 cm³/mol. The summed E-state index contributed by atoms with van der Waals surface area (Å²) >= 11 is 0. The van der Waals surface area contributed by atoms with Gasteiger partial charge in [0.25, 0.3) is 0 Å². The van der Waals surface area contributed by atoms with Gasteiger partial charge in [-0.3, -0.25) is 0 Å². The van der Waals surface area contributed by atoms with E-state index in [4.69, 9.17) is 10.1 Å². The van der Waals surface area contributed by atoms with Crippen LogP contribution in [0.1, 0.15) is 62.1 Å². The number of fused-ring (bicyclic) bond motifs is 1. The van der Waals surface area contributed by atoms with E-state index in [1.165, 1.54) is 61.0 Å². The lowest BCUT2D eigenvalue weighted by Gasteiger charge is -2.29. The van der Waals surface area contributed by atoms with E-state index in [1.54, 1.807) is 0 Å². The minimum absolute atomic E-state index is 0.117. The van der Waals surface area contributed by atoms with Gasteiger partial charge in [0.2, 0.25) is 0 Å². The third-order valence-corrected chi connectivity index (χ3v) is 8.65. The van der Waals surface area contributed by atoms with Crippen LogP contribution < -0.4 is 14.8 Å². The van der Waals surface area contributed by atoms with Crippen LogP contribution in [0.4, 0.5) is 17.2 Å². The highest BCUT2D eigenvalue weighted by molar-refractivity contribution is 6.03. The van der Waals surface area contributed by atoms with Crippen LogP contribution in [0.25, 0.3) is 10.9 Å². The molecule has 4 heterocycles. The van der Waals surface area contributed by atoms with Crippen LogP contribution >= 0.6 is 0 Å². The van der Waals surface area contributed by atoms with E-state index in [1.807, 2.05) is 0 Å². The summed E-state index contributed by atoms with van der Waals surface area (Å²) < 4.78 is 0. The number of benzene rings is 3. The molecule has 0 aliphatic carbocycles. The normalized spacial score (nSPS) is 19.9. The number of pyridine rings is 1. The Morgan fingerprint density at radius 1 is 0.590 bits per heavy atom. The Morgan fingerprint density at radius 3 is 1.87 bits per heavy atom. The summed E-state index contributed by atoms with van der Waals surface area (Å²) in [6.45, 7) is 4.65. The molecule has 1 atom stereocenters. The summed E-state index contributed by atoms with van der Waals surface area (Å²) in [4.78, 5) is 10.1. The average Bonchev–Trinajstić information content (AvgIpc) is 3.47. The van der Waals surface area contributed by atoms with Crippen LogP contribution in [0, 0.1) is 0 Å². The van der Waals surface area contributed by atoms with Crippen molar-refractivity contribution >= 4 is 33.8 Å². The summed E-state index contributed by atoms with van der Waals surface area (Å²) in [5.74, 6) is 0.902. The maximum Gasteiger partial charge on any atom is 0.150 e. The third-order valence-electron chi connectivity index (χ3n) is 8.65. The Hall–Kier alpha value is -3.86. The molecule has 5 heteroatoms. The fraction of sp³-hybridized carbons (Fsp3) is 0.353. The van der Waals surface area contributed by atoms with Crippen LogP contribution in [-0.2, 0) is 0 Å². The van der Waals surface area contributed by atoms with Gasteiger partial charge >= 0.3 is 0 Å². The monoisotopic (exact) mass is 515 g/mol. The Bertz CT molecular complexity index is 1450. The van der Waals surface area contributed by atoms with E-state index in [0.29, 0.717) is 0 Å². The highest BCUT2D eigenvalue weighted by Gasteiger charge is 2.31. The topological polar surface area (TPSA) is 35.0 Å².